The Kier molecular flexibility index (Phi) is 3.89. The first-order valence-electron chi connectivity index (χ1n) is 5.94. The van der Waals surface area contributed by atoms with Crippen LogP contribution < -0.4 is 20.1 Å². The Morgan fingerprint density at radius 2 is 2.16 bits per heavy atom. The zero-order valence-corrected chi connectivity index (χ0v) is 10.9. The third kappa shape index (κ3) is 2.78. The number of nitrogens with one attached hydrogen (secondary N) is 2. The molecule has 1 saturated heterocycles. The van der Waals surface area contributed by atoms with E-state index in [1.54, 1.807) is 18.2 Å². The fourth-order valence-electron chi connectivity index (χ4n) is 2.04. The minimum Gasteiger partial charge on any atom is -0.493 e. The van der Waals surface area contributed by atoms with E-state index in [1.807, 2.05) is 0 Å². The number of methoxy groups -OCH3 is 2. The van der Waals surface area contributed by atoms with Crippen LogP contribution in [-0.2, 0) is 4.79 Å². The lowest BCUT2D eigenvalue weighted by atomic mass is 10.1. The quantitative estimate of drug-likeness (QED) is 0.821. The molecule has 0 aliphatic carbocycles. The maximum atomic E-state index is 12.2. The summed E-state index contributed by atoms with van der Waals surface area (Å²) in [5.74, 6) is 0.552. The summed E-state index contributed by atoms with van der Waals surface area (Å²) in [5.41, 5.74) is 0.390. The van der Waals surface area contributed by atoms with Gasteiger partial charge in [-0.05, 0) is 12.1 Å². The molecule has 0 aromatic heterocycles. The van der Waals surface area contributed by atoms with Gasteiger partial charge in [-0.25, -0.2) is 0 Å². The van der Waals surface area contributed by atoms with Gasteiger partial charge in [0, 0.05) is 13.0 Å². The number of rotatable bonds is 4. The van der Waals surface area contributed by atoms with E-state index in [4.69, 9.17) is 9.47 Å². The summed E-state index contributed by atoms with van der Waals surface area (Å²) in [4.78, 5) is 23.3. The summed E-state index contributed by atoms with van der Waals surface area (Å²) in [6.07, 6.45) is 0.304. The van der Waals surface area contributed by atoms with E-state index >= 15 is 0 Å². The average molecular weight is 264 g/mol. The lowest BCUT2D eigenvalue weighted by Crippen LogP contribution is -2.36. The van der Waals surface area contributed by atoms with E-state index in [2.05, 4.69) is 10.6 Å². The molecule has 1 aromatic rings. The fraction of sp³-hybridized carbons (Fsp3) is 0.385. The van der Waals surface area contributed by atoms with Crippen molar-refractivity contribution in [3.63, 3.8) is 0 Å². The van der Waals surface area contributed by atoms with Crippen molar-refractivity contribution in [1.82, 2.24) is 10.6 Å². The SMILES string of the molecule is COc1cccc(C(=O)NC2CNC(=O)C2)c1OC. The van der Waals surface area contributed by atoms with Crippen LogP contribution in [0.2, 0.25) is 0 Å². The molecule has 0 saturated carbocycles. The fourth-order valence-corrected chi connectivity index (χ4v) is 2.04. The van der Waals surface area contributed by atoms with Gasteiger partial charge in [0.2, 0.25) is 5.91 Å². The minimum absolute atomic E-state index is 0.0529. The molecule has 1 heterocycles. The first-order chi connectivity index (χ1) is 9.15. The summed E-state index contributed by atoms with van der Waals surface area (Å²) >= 11 is 0. The van der Waals surface area contributed by atoms with Gasteiger partial charge in [0.15, 0.2) is 11.5 Å². The van der Waals surface area contributed by atoms with E-state index in [9.17, 15) is 9.59 Å². The highest BCUT2D eigenvalue weighted by Crippen LogP contribution is 2.30. The number of hydrogen-bond acceptors (Lipinski definition) is 4. The van der Waals surface area contributed by atoms with Crippen molar-refractivity contribution in [2.45, 2.75) is 12.5 Å². The van der Waals surface area contributed by atoms with Gasteiger partial charge in [-0.1, -0.05) is 6.07 Å². The van der Waals surface area contributed by atoms with Gasteiger partial charge in [-0.15, -0.1) is 0 Å². The molecule has 1 fully saturated rings. The second-order valence-corrected chi connectivity index (χ2v) is 4.22. The summed E-state index contributed by atoms with van der Waals surface area (Å²) in [7, 11) is 2.99. The molecule has 1 unspecified atom stereocenters. The Morgan fingerprint density at radius 1 is 1.37 bits per heavy atom. The van der Waals surface area contributed by atoms with Gasteiger partial charge in [-0.3, -0.25) is 9.59 Å². The summed E-state index contributed by atoms with van der Waals surface area (Å²) in [5, 5.41) is 5.46. The first kappa shape index (κ1) is 13.2. The minimum atomic E-state index is -0.280. The van der Waals surface area contributed by atoms with Crippen molar-refractivity contribution in [2.24, 2.45) is 0 Å². The van der Waals surface area contributed by atoms with Crippen molar-refractivity contribution in [1.29, 1.82) is 0 Å². The molecular weight excluding hydrogens is 248 g/mol. The van der Waals surface area contributed by atoms with E-state index in [1.165, 1.54) is 14.2 Å². The van der Waals surface area contributed by atoms with Crippen LogP contribution in [0, 0.1) is 0 Å². The maximum Gasteiger partial charge on any atom is 0.255 e. The molecule has 2 amide bonds. The van der Waals surface area contributed by atoms with Crippen molar-refractivity contribution in [3.8, 4) is 11.5 Å². The van der Waals surface area contributed by atoms with Crippen molar-refractivity contribution in [2.75, 3.05) is 20.8 Å². The van der Waals surface area contributed by atoms with Crippen LogP contribution in [0.3, 0.4) is 0 Å². The lowest BCUT2D eigenvalue weighted by Gasteiger charge is -2.14. The van der Waals surface area contributed by atoms with Crippen LogP contribution in [-0.4, -0.2) is 38.6 Å². The third-order valence-corrected chi connectivity index (χ3v) is 2.96. The lowest BCUT2D eigenvalue weighted by molar-refractivity contribution is -0.119. The predicted octanol–water partition coefficient (Wildman–Crippen LogP) is 0.322. The topological polar surface area (TPSA) is 76.7 Å². The van der Waals surface area contributed by atoms with Crippen LogP contribution >= 0.6 is 0 Å². The highest BCUT2D eigenvalue weighted by atomic mass is 16.5. The first-order valence-corrected chi connectivity index (χ1v) is 5.94. The normalized spacial score (nSPS) is 17.8. The molecule has 1 aliphatic heterocycles. The molecule has 102 valence electrons. The van der Waals surface area contributed by atoms with E-state index in [-0.39, 0.29) is 17.9 Å². The average Bonchev–Trinajstić information content (AvgIpc) is 2.82. The molecule has 2 rings (SSSR count). The van der Waals surface area contributed by atoms with Crippen LogP contribution in [0.25, 0.3) is 0 Å². The molecule has 2 N–H and O–H groups in total. The largest absolute Gasteiger partial charge is 0.493 e. The van der Waals surface area contributed by atoms with E-state index < -0.39 is 0 Å². The molecule has 1 aromatic carbocycles. The second kappa shape index (κ2) is 5.60. The molecule has 1 aliphatic rings. The summed E-state index contributed by atoms with van der Waals surface area (Å²) < 4.78 is 10.3. The van der Waals surface area contributed by atoms with Crippen LogP contribution in [0.15, 0.2) is 18.2 Å². The number of amides is 2. The van der Waals surface area contributed by atoms with Gasteiger partial charge >= 0.3 is 0 Å². The molecule has 1 atom stereocenters. The maximum absolute atomic E-state index is 12.2. The Bertz CT molecular complexity index is 501. The number of benzene rings is 1. The highest BCUT2D eigenvalue weighted by Gasteiger charge is 2.25. The molecule has 6 nitrogen and oxygen atoms in total. The number of carbonyl (C=O) groups is 2. The Balaban J connectivity index is 2.16. The van der Waals surface area contributed by atoms with E-state index in [0.717, 1.165) is 0 Å². The van der Waals surface area contributed by atoms with Crippen LogP contribution in [0.4, 0.5) is 0 Å². The van der Waals surface area contributed by atoms with Crippen molar-refractivity contribution in [3.05, 3.63) is 23.8 Å². The standard InChI is InChI=1S/C13H16N2O4/c1-18-10-5-3-4-9(12(10)19-2)13(17)15-8-6-11(16)14-7-8/h3-5,8H,6-7H2,1-2H3,(H,14,16)(H,15,17). The Labute approximate surface area is 111 Å². The van der Waals surface area contributed by atoms with Crippen molar-refractivity contribution < 1.29 is 19.1 Å². The highest BCUT2D eigenvalue weighted by molar-refractivity contribution is 5.98. The van der Waals surface area contributed by atoms with Gasteiger partial charge in [0.05, 0.1) is 25.8 Å². The molecule has 0 spiro atoms. The van der Waals surface area contributed by atoms with Crippen LogP contribution in [0.1, 0.15) is 16.8 Å². The van der Waals surface area contributed by atoms with Crippen LogP contribution in [0.5, 0.6) is 11.5 Å². The van der Waals surface area contributed by atoms with Gasteiger partial charge in [-0.2, -0.15) is 0 Å². The van der Waals surface area contributed by atoms with E-state index in [0.29, 0.717) is 30.0 Å². The molecule has 0 radical (unpaired) electrons. The monoisotopic (exact) mass is 264 g/mol. The third-order valence-electron chi connectivity index (χ3n) is 2.96. The number of hydrogen-bond donors (Lipinski definition) is 2. The molecule has 19 heavy (non-hydrogen) atoms. The zero-order valence-electron chi connectivity index (χ0n) is 10.9. The second-order valence-electron chi connectivity index (χ2n) is 4.22. The predicted molar refractivity (Wildman–Crippen MR) is 68.4 cm³/mol. The van der Waals surface area contributed by atoms with Gasteiger partial charge in [0.25, 0.3) is 5.91 Å². The number of ether oxygens (including phenoxy) is 2. The summed E-state index contributed by atoms with van der Waals surface area (Å²) in [6.45, 7) is 0.455. The summed E-state index contributed by atoms with van der Waals surface area (Å²) in [6, 6.07) is 4.90. The smallest absolute Gasteiger partial charge is 0.255 e. The van der Waals surface area contributed by atoms with Gasteiger partial charge in [0.1, 0.15) is 0 Å². The Hall–Kier alpha value is -2.24. The molecule has 0 bridgehead atoms. The molecule has 6 heteroatoms. The Morgan fingerprint density at radius 3 is 2.74 bits per heavy atom. The van der Waals surface area contributed by atoms with Gasteiger partial charge < -0.3 is 20.1 Å². The number of carbonyl (C=O) groups excluding carboxylic acids is 2. The molecular formula is C13H16N2O4. The zero-order chi connectivity index (χ0) is 13.8. The van der Waals surface area contributed by atoms with Crippen molar-refractivity contribution >= 4 is 11.8 Å². The number of para-hydroxylation sites is 1.